The number of nitrogens with one attached hydrogen (secondary N) is 1. The first kappa shape index (κ1) is 15.5. The van der Waals surface area contributed by atoms with Gasteiger partial charge in [0, 0.05) is 24.1 Å². The van der Waals surface area contributed by atoms with E-state index in [9.17, 15) is 0 Å². The van der Waals surface area contributed by atoms with E-state index in [2.05, 4.69) is 40.0 Å². The van der Waals surface area contributed by atoms with Crippen LogP contribution in [0.25, 0.3) is 0 Å². The molecule has 1 aromatic rings. The summed E-state index contributed by atoms with van der Waals surface area (Å²) in [6.45, 7) is 10.3. The van der Waals surface area contributed by atoms with Crippen molar-refractivity contribution >= 4 is 15.9 Å². The number of rotatable bonds is 9. The Bertz CT molecular complexity index is 312. The molecule has 1 aromatic carbocycles. The highest BCUT2D eigenvalue weighted by atomic mass is 79.9. The van der Waals surface area contributed by atoms with Gasteiger partial charge in [-0.1, -0.05) is 29.8 Å². The summed E-state index contributed by atoms with van der Waals surface area (Å²) in [7, 11) is 0. The lowest BCUT2D eigenvalue weighted by atomic mass is 10.3. The molecule has 0 aromatic heterocycles. The molecule has 0 aliphatic heterocycles. The number of ether oxygens (including phenoxy) is 1. The Kier molecular flexibility index (Phi) is 8.05. The fraction of sp³-hybridized carbons (Fsp3) is 0.571. The minimum Gasteiger partial charge on any atom is -0.492 e. The van der Waals surface area contributed by atoms with E-state index in [0.29, 0.717) is 6.61 Å². The Morgan fingerprint density at radius 3 is 2.39 bits per heavy atom. The first-order valence-electron chi connectivity index (χ1n) is 6.57. The molecule has 0 saturated heterocycles. The highest BCUT2D eigenvalue weighted by Crippen LogP contribution is 2.15. The number of hydrogen-bond acceptors (Lipinski definition) is 3. The molecule has 0 heterocycles. The summed E-state index contributed by atoms with van der Waals surface area (Å²) in [6.07, 6.45) is 0. The number of benzene rings is 1. The molecule has 0 unspecified atom stereocenters. The molecule has 1 N–H and O–H groups in total. The maximum absolute atomic E-state index is 5.62. The summed E-state index contributed by atoms with van der Waals surface area (Å²) < 4.78 is 6.70. The minimum atomic E-state index is 0.708. The van der Waals surface area contributed by atoms with Crippen molar-refractivity contribution in [1.29, 1.82) is 0 Å². The molecule has 0 aliphatic carbocycles. The van der Waals surface area contributed by atoms with Gasteiger partial charge in [0.1, 0.15) is 12.4 Å². The zero-order valence-electron chi connectivity index (χ0n) is 11.3. The highest BCUT2D eigenvalue weighted by molar-refractivity contribution is 9.10. The third-order valence-corrected chi connectivity index (χ3v) is 3.39. The van der Waals surface area contributed by atoms with Crippen LogP contribution in [-0.2, 0) is 0 Å². The van der Waals surface area contributed by atoms with Crippen LogP contribution in [-0.4, -0.2) is 44.2 Å². The van der Waals surface area contributed by atoms with Crippen molar-refractivity contribution in [3.05, 3.63) is 28.7 Å². The van der Waals surface area contributed by atoms with Gasteiger partial charge in [-0.05, 0) is 37.4 Å². The lowest BCUT2D eigenvalue weighted by molar-refractivity contribution is 0.285. The lowest BCUT2D eigenvalue weighted by Crippen LogP contribution is -2.33. The molecule has 4 heteroatoms. The molecule has 0 bridgehead atoms. The Morgan fingerprint density at radius 1 is 1.11 bits per heavy atom. The molecule has 0 atom stereocenters. The summed E-state index contributed by atoms with van der Waals surface area (Å²) in [5.41, 5.74) is 0. The molecule has 0 fully saturated rings. The average molecular weight is 315 g/mol. The van der Waals surface area contributed by atoms with Gasteiger partial charge in [0.15, 0.2) is 0 Å². The predicted molar refractivity (Wildman–Crippen MR) is 80.3 cm³/mol. The first-order chi connectivity index (χ1) is 8.76. The molecule has 0 spiro atoms. The van der Waals surface area contributed by atoms with Crippen LogP contribution < -0.4 is 10.1 Å². The molecule has 102 valence electrons. The van der Waals surface area contributed by atoms with Crippen LogP contribution >= 0.6 is 15.9 Å². The van der Waals surface area contributed by atoms with Gasteiger partial charge < -0.3 is 15.0 Å². The van der Waals surface area contributed by atoms with Crippen molar-refractivity contribution in [2.24, 2.45) is 0 Å². The molecule has 18 heavy (non-hydrogen) atoms. The number of halogens is 1. The van der Waals surface area contributed by atoms with Gasteiger partial charge in [0.05, 0.1) is 0 Å². The summed E-state index contributed by atoms with van der Waals surface area (Å²) >= 11 is 3.40. The third kappa shape index (κ3) is 6.38. The zero-order chi connectivity index (χ0) is 13.2. The van der Waals surface area contributed by atoms with E-state index >= 15 is 0 Å². The first-order valence-corrected chi connectivity index (χ1v) is 7.37. The molecular weight excluding hydrogens is 292 g/mol. The topological polar surface area (TPSA) is 24.5 Å². The largest absolute Gasteiger partial charge is 0.492 e. The molecule has 0 radical (unpaired) electrons. The maximum Gasteiger partial charge on any atom is 0.119 e. The van der Waals surface area contributed by atoms with Crippen LogP contribution in [0, 0.1) is 0 Å². The SMILES string of the molecule is CCN(CC)CCNCCOc1ccc(Br)cc1. The van der Waals surface area contributed by atoms with Crippen LogP contribution in [0.15, 0.2) is 28.7 Å². The van der Waals surface area contributed by atoms with E-state index in [1.807, 2.05) is 24.3 Å². The molecule has 3 nitrogen and oxygen atoms in total. The van der Waals surface area contributed by atoms with Crippen molar-refractivity contribution in [3.63, 3.8) is 0 Å². The molecule has 0 aliphatic rings. The van der Waals surface area contributed by atoms with E-state index in [-0.39, 0.29) is 0 Å². The monoisotopic (exact) mass is 314 g/mol. The van der Waals surface area contributed by atoms with Gasteiger partial charge >= 0.3 is 0 Å². The van der Waals surface area contributed by atoms with E-state index < -0.39 is 0 Å². The number of likely N-dealkylation sites (N-methyl/N-ethyl adjacent to an activating group) is 1. The van der Waals surface area contributed by atoms with E-state index in [1.165, 1.54) is 0 Å². The van der Waals surface area contributed by atoms with Gasteiger partial charge in [-0.3, -0.25) is 0 Å². The minimum absolute atomic E-state index is 0.708. The molecule has 0 saturated carbocycles. The Hall–Kier alpha value is -0.580. The van der Waals surface area contributed by atoms with E-state index in [0.717, 1.165) is 42.9 Å². The Morgan fingerprint density at radius 2 is 1.78 bits per heavy atom. The molecule has 1 rings (SSSR count). The Balaban J connectivity index is 2.03. The van der Waals surface area contributed by atoms with E-state index in [4.69, 9.17) is 4.74 Å². The fourth-order valence-corrected chi connectivity index (χ4v) is 1.94. The van der Waals surface area contributed by atoms with Gasteiger partial charge in [-0.2, -0.15) is 0 Å². The van der Waals surface area contributed by atoms with Crippen molar-refractivity contribution < 1.29 is 4.74 Å². The standard InChI is InChI=1S/C14H23BrN2O/c1-3-17(4-2)11-9-16-10-12-18-14-7-5-13(15)6-8-14/h5-8,16H,3-4,9-12H2,1-2H3. The molecular formula is C14H23BrN2O. The third-order valence-electron chi connectivity index (χ3n) is 2.86. The van der Waals surface area contributed by atoms with Crippen molar-refractivity contribution in [2.75, 3.05) is 39.3 Å². The fourth-order valence-electron chi connectivity index (χ4n) is 1.67. The smallest absolute Gasteiger partial charge is 0.119 e. The van der Waals surface area contributed by atoms with Crippen molar-refractivity contribution in [3.8, 4) is 5.75 Å². The number of hydrogen-bond donors (Lipinski definition) is 1. The van der Waals surface area contributed by atoms with Crippen LogP contribution in [0.4, 0.5) is 0 Å². The van der Waals surface area contributed by atoms with Gasteiger partial charge in [0.25, 0.3) is 0 Å². The van der Waals surface area contributed by atoms with Gasteiger partial charge in [-0.15, -0.1) is 0 Å². The van der Waals surface area contributed by atoms with Crippen molar-refractivity contribution in [1.82, 2.24) is 10.2 Å². The maximum atomic E-state index is 5.62. The normalized spacial score (nSPS) is 10.9. The van der Waals surface area contributed by atoms with Crippen LogP contribution in [0.1, 0.15) is 13.8 Å². The summed E-state index contributed by atoms with van der Waals surface area (Å²) in [5.74, 6) is 0.920. The second-order valence-electron chi connectivity index (χ2n) is 4.08. The van der Waals surface area contributed by atoms with Crippen LogP contribution in [0.3, 0.4) is 0 Å². The van der Waals surface area contributed by atoms with Crippen molar-refractivity contribution in [2.45, 2.75) is 13.8 Å². The number of nitrogens with zero attached hydrogens (tertiary/aromatic N) is 1. The van der Waals surface area contributed by atoms with Crippen LogP contribution in [0.2, 0.25) is 0 Å². The average Bonchev–Trinajstić information content (AvgIpc) is 2.40. The Labute approximate surface area is 119 Å². The summed E-state index contributed by atoms with van der Waals surface area (Å²) in [5, 5.41) is 3.39. The second-order valence-corrected chi connectivity index (χ2v) is 4.99. The summed E-state index contributed by atoms with van der Waals surface area (Å²) in [4.78, 5) is 2.41. The molecule has 0 amide bonds. The predicted octanol–water partition coefficient (Wildman–Crippen LogP) is 2.76. The van der Waals surface area contributed by atoms with Gasteiger partial charge in [0.2, 0.25) is 0 Å². The lowest BCUT2D eigenvalue weighted by Gasteiger charge is -2.18. The highest BCUT2D eigenvalue weighted by Gasteiger charge is 1.97. The quantitative estimate of drug-likeness (QED) is 0.709. The second kappa shape index (κ2) is 9.36. The zero-order valence-corrected chi connectivity index (χ0v) is 12.9. The van der Waals surface area contributed by atoms with Gasteiger partial charge in [-0.25, -0.2) is 0 Å². The summed E-state index contributed by atoms with van der Waals surface area (Å²) in [6, 6.07) is 7.92. The van der Waals surface area contributed by atoms with Crippen LogP contribution in [0.5, 0.6) is 5.75 Å². The van der Waals surface area contributed by atoms with E-state index in [1.54, 1.807) is 0 Å².